The number of ketones is 1. The predicted octanol–water partition coefficient (Wildman–Crippen LogP) is 2.72. The first-order valence-electron chi connectivity index (χ1n) is 10.4. The molecule has 0 aromatic rings. The molecule has 168 valence electrons. The molecule has 7 nitrogen and oxygen atoms in total. The highest BCUT2D eigenvalue weighted by atomic mass is 35.5. The third-order valence-corrected chi connectivity index (χ3v) is 7.50. The molecule has 2 fully saturated rings. The Labute approximate surface area is 186 Å². The fourth-order valence-electron chi connectivity index (χ4n) is 4.78. The molecule has 0 saturated carbocycles. The van der Waals surface area contributed by atoms with Gasteiger partial charge in [0, 0.05) is 28.9 Å². The molecule has 0 spiro atoms. The summed E-state index contributed by atoms with van der Waals surface area (Å²) in [5.41, 5.74) is -0.599. The number of allylic oxidation sites excluding steroid dienone is 3. The van der Waals surface area contributed by atoms with E-state index in [4.69, 9.17) is 25.8 Å². The highest BCUT2D eigenvalue weighted by Gasteiger charge is 2.72. The number of aliphatic hydroxyl groups is 2. The lowest BCUT2D eigenvalue weighted by atomic mass is 9.65. The van der Waals surface area contributed by atoms with E-state index in [1.54, 1.807) is 45.9 Å². The molecule has 0 amide bonds. The zero-order valence-electron chi connectivity index (χ0n) is 18.1. The number of esters is 1. The van der Waals surface area contributed by atoms with Crippen LogP contribution in [0.25, 0.3) is 0 Å². The number of hydrogen-bond acceptors (Lipinski definition) is 7. The zero-order valence-corrected chi connectivity index (χ0v) is 18.8. The molecule has 4 rings (SSSR count). The summed E-state index contributed by atoms with van der Waals surface area (Å²) in [4.78, 5) is 26.2. The highest BCUT2D eigenvalue weighted by molar-refractivity contribution is 6.45. The van der Waals surface area contributed by atoms with Crippen molar-refractivity contribution >= 4 is 23.4 Å². The number of rotatable bonds is 3. The number of cyclic esters (lactones) is 1. The number of fused-ring (bicyclic) bond motifs is 5. The van der Waals surface area contributed by atoms with E-state index >= 15 is 0 Å². The molecule has 3 heterocycles. The Kier molecular flexibility index (Phi) is 5.25. The number of carbonyl (C=O) groups excluding carboxylic acids is 2. The number of carbonyl (C=O) groups is 2. The van der Waals surface area contributed by atoms with Crippen LogP contribution in [0.2, 0.25) is 0 Å². The van der Waals surface area contributed by atoms with Gasteiger partial charge in [0.1, 0.15) is 23.4 Å². The molecule has 8 heteroatoms. The van der Waals surface area contributed by atoms with Crippen LogP contribution in [0.3, 0.4) is 0 Å². The largest absolute Gasteiger partial charge is 0.465 e. The van der Waals surface area contributed by atoms with Crippen LogP contribution in [0.15, 0.2) is 46.4 Å². The Balaban J connectivity index is 1.77. The van der Waals surface area contributed by atoms with Gasteiger partial charge in [0.25, 0.3) is 0 Å². The second-order valence-corrected chi connectivity index (χ2v) is 9.48. The molecule has 8 atom stereocenters. The van der Waals surface area contributed by atoms with Crippen LogP contribution < -0.4 is 0 Å². The first-order valence-corrected chi connectivity index (χ1v) is 10.8. The highest BCUT2D eigenvalue weighted by Crippen LogP contribution is 2.60. The van der Waals surface area contributed by atoms with Gasteiger partial charge in [-0.2, -0.15) is 0 Å². The van der Waals surface area contributed by atoms with E-state index in [0.717, 1.165) is 0 Å². The van der Waals surface area contributed by atoms with E-state index in [9.17, 15) is 19.8 Å². The van der Waals surface area contributed by atoms with Gasteiger partial charge in [-0.3, -0.25) is 9.59 Å². The quantitative estimate of drug-likeness (QED) is 0.637. The number of aliphatic hydroxyl groups excluding tert-OH is 1. The molecule has 0 radical (unpaired) electrons. The van der Waals surface area contributed by atoms with E-state index in [-0.39, 0.29) is 11.0 Å². The minimum absolute atomic E-state index is 0.0425. The van der Waals surface area contributed by atoms with Crippen molar-refractivity contribution in [2.24, 2.45) is 23.7 Å². The molecular formula is C23H27ClO7. The average molecular weight is 451 g/mol. The summed E-state index contributed by atoms with van der Waals surface area (Å²) in [6.45, 7) is 8.51. The lowest BCUT2D eigenvalue weighted by molar-refractivity contribution is -0.286. The number of halogens is 1. The van der Waals surface area contributed by atoms with Crippen LogP contribution in [0.4, 0.5) is 0 Å². The Morgan fingerprint density at radius 3 is 2.55 bits per heavy atom. The zero-order chi connectivity index (χ0) is 22.9. The summed E-state index contributed by atoms with van der Waals surface area (Å²) in [6, 6.07) is 0. The maximum atomic E-state index is 13.3. The van der Waals surface area contributed by atoms with Gasteiger partial charge in [-0.1, -0.05) is 31.5 Å². The monoisotopic (exact) mass is 450 g/mol. The van der Waals surface area contributed by atoms with Crippen LogP contribution in [0.5, 0.6) is 0 Å². The molecule has 4 aliphatic rings. The maximum Gasteiger partial charge on any atom is 0.315 e. The summed E-state index contributed by atoms with van der Waals surface area (Å²) in [5, 5.41) is 21.0. The van der Waals surface area contributed by atoms with E-state index < -0.39 is 53.1 Å². The minimum atomic E-state index is -1.87. The summed E-state index contributed by atoms with van der Waals surface area (Å²) in [7, 11) is 0. The molecule has 3 aliphatic heterocycles. The Morgan fingerprint density at radius 1 is 1.23 bits per heavy atom. The topological polar surface area (TPSA) is 102 Å². The smallest absolute Gasteiger partial charge is 0.315 e. The van der Waals surface area contributed by atoms with Crippen LogP contribution in [0.1, 0.15) is 34.6 Å². The summed E-state index contributed by atoms with van der Waals surface area (Å²) in [6.07, 6.45) is 5.46. The fourth-order valence-corrected chi connectivity index (χ4v) is 5.14. The van der Waals surface area contributed by atoms with Crippen molar-refractivity contribution in [2.45, 2.75) is 58.2 Å². The van der Waals surface area contributed by atoms with Gasteiger partial charge in [-0.25, -0.2) is 0 Å². The van der Waals surface area contributed by atoms with E-state index in [2.05, 4.69) is 0 Å². The van der Waals surface area contributed by atoms with Crippen LogP contribution in [-0.2, 0) is 23.8 Å². The third kappa shape index (κ3) is 3.13. The van der Waals surface area contributed by atoms with Gasteiger partial charge in [0.2, 0.25) is 5.78 Å². The number of Topliss-reactive ketones (excluding diaryl/α,β-unsaturated/α-hetero) is 1. The maximum absolute atomic E-state index is 13.3. The minimum Gasteiger partial charge on any atom is -0.465 e. The van der Waals surface area contributed by atoms with Crippen molar-refractivity contribution in [3.8, 4) is 0 Å². The molecular weight excluding hydrogens is 424 g/mol. The lowest BCUT2D eigenvalue weighted by Crippen LogP contribution is -2.56. The molecule has 31 heavy (non-hydrogen) atoms. The van der Waals surface area contributed by atoms with E-state index in [1.165, 1.54) is 6.26 Å². The summed E-state index contributed by atoms with van der Waals surface area (Å²) in [5.74, 6) is -5.11. The molecule has 0 aromatic carbocycles. The molecule has 0 aromatic heterocycles. The normalized spacial score (nSPS) is 41.5. The van der Waals surface area contributed by atoms with Crippen molar-refractivity contribution in [1.82, 2.24) is 0 Å². The van der Waals surface area contributed by atoms with Gasteiger partial charge < -0.3 is 24.4 Å². The Bertz CT molecular complexity index is 961. The fraction of sp³-hybridized carbons (Fsp3) is 0.565. The SMILES string of the molecule is C[C@H](/C=C/C1=CC2=C(Cl)C(=O)[C@@]3(C)O[C@@]4(O)[C@H](C(=O)O[C@H](C)[C@@H]4C)[C@H]3C2=CO1)[C@@H](C)O. The first-order chi connectivity index (χ1) is 14.4. The van der Waals surface area contributed by atoms with Crippen LogP contribution >= 0.6 is 11.6 Å². The van der Waals surface area contributed by atoms with Crippen molar-refractivity contribution in [2.75, 3.05) is 0 Å². The predicted molar refractivity (Wildman–Crippen MR) is 111 cm³/mol. The second kappa shape index (κ2) is 7.30. The van der Waals surface area contributed by atoms with Gasteiger partial charge in [-0.05, 0) is 32.9 Å². The van der Waals surface area contributed by atoms with Crippen molar-refractivity contribution in [1.29, 1.82) is 0 Å². The van der Waals surface area contributed by atoms with Crippen LogP contribution in [0, 0.1) is 23.7 Å². The van der Waals surface area contributed by atoms with Crippen molar-refractivity contribution in [3.05, 3.63) is 46.4 Å². The summed E-state index contributed by atoms with van der Waals surface area (Å²) < 4.78 is 17.2. The third-order valence-electron chi connectivity index (χ3n) is 7.13. The first kappa shape index (κ1) is 22.3. The summed E-state index contributed by atoms with van der Waals surface area (Å²) >= 11 is 6.47. The van der Waals surface area contributed by atoms with Gasteiger partial charge >= 0.3 is 5.97 Å². The van der Waals surface area contributed by atoms with Gasteiger partial charge in [0.05, 0.1) is 17.4 Å². The van der Waals surface area contributed by atoms with E-state index in [1.807, 2.05) is 6.92 Å². The molecule has 1 aliphatic carbocycles. The number of ether oxygens (including phenoxy) is 3. The molecule has 2 saturated heterocycles. The average Bonchev–Trinajstić information content (AvgIpc) is 2.98. The van der Waals surface area contributed by atoms with Gasteiger partial charge in [0.15, 0.2) is 5.79 Å². The molecule has 2 N–H and O–H groups in total. The Morgan fingerprint density at radius 2 is 1.90 bits per heavy atom. The van der Waals surface area contributed by atoms with Crippen LogP contribution in [-0.4, -0.2) is 45.6 Å². The molecule has 0 bridgehead atoms. The van der Waals surface area contributed by atoms with Gasteiger partial charge in [-0.15, -0.1) is 0 Å². The van der Waals surface area contributed by atoms with E-state index in [0.29, 0.717) is 16.9 Å². The molecule has 0 unspecified atom stereocenters. The number of hydrogen-bond donors (Lipinski definition) is 2. The lowest BCUT2D eigenvalue weighted by Gasteiger charge is -2.42. The Hall–Kier alpha value is -1.93. The van der Waals surface area contributed by atoms with Crippen molar-refractivity contribution < 1.29 is 34.0 Å². The van der Waals surface area contributed by atoms with Crippen molar-refractivity contribution in [3.63, 3.8) is 0 Å². The standard InChI is InChI=1S/C23H27ClO7/c1-10(12(3)25)6-7-14-8-15-16(9-29-14)17-18-21(27)30-13(4)11(2)23(18,28)31-22(17,5)20(26)19(15)24/h6-13,17-18,25,28H,1-5H3/b7-6+/t10-,11+,12-,13-,17-,18+,22+,23-/m1/s1. The second-order valence-electron chi connectivity index (χ2n) is 9.10.